The number of aromatic nitrogens is 5. The molecule has 0 atom stereocenters. The van der Waals surface area contributed by atoms with Crippen molar-refractivity contribution in [3.8, 4) is 0 Å². The van der Waals surface area contributed by atoms with Crippen molar-refractivity contribution < 1.29 is 0 Å². The Hall–Kier alpha value is -2.02. The van der Waals surface area contributed by atoms with Crippen molar-refractivity contribution >= 4 is 22.8 Å². The highest BCUT2D eigenvalue weighted by Gasteiger charge is 2.17. The van der Waals surface area contributed by atoms with Gasteiger partial charge in [-0.3, -0.25) is 0 Å². The number of hydrogen-bond acceptors (Lipinski definition) is 6. The Balaban J connectivity index is 1.62. The van der Waals surface area contributed by atoms with E-state index in [0.29, 0.717) is 0 Å². The third kappa shape index (κ3) is 3.09. The molecule has 1 N–H and O–H groups in total. The second kappa shape index (κ2) is 5.64. The van der Waals surface area contributed by atoms with Crippen LogP contribution in [0.5, 0.6) is 0 Å². The van der Waals surface area contributed by atoms with E-state index in [-0.39, 0.29) is 5.41 Å². The monoisotopic (exact) mass is 316 g/mol. The maximum absolute atomic E-state index is 4.70. The lowest BCUT2D eigenvalue weighted by Crippen LogP contribution is -2.12. The van der Waals surface area contributed by atoms with E-state index >= 15 is 0 Å². The highest BCUT2D eigenvalue weighted by atomic mass is 32.1. The van der Waals surface area contributed by atoms with Gasteiger partial charge in [0.15, 0.2) is 11.5 Å². The molecule has 6 nitrogen and oxygen atoms in total. The van der Waals surface area contributed by atoms with Crippen LogP contribution < -0.4 is 5.32 Å². The summed E-state index contributed by atoms with van der Waals surface area (Å²) in [5.74, 6) is 1.61. The van der Waals surface area contributed by atoms with E-state index in [2.05, 4.69) is 46.8 Å². The van der Waals surface area contributed by atoms with Gasteiger partial charge in [0.05, 0.1) is 10.7 Å². The van der Waals surface area contributed by atoms with Crippen molar-refractivity contribution in [2.24, 2.45) is 0 Å². The molecule has 0 aromatic carbocycles. The number of rotatable bonds is 4. The third-order valence-electron chi connectivity index (χ3n) is 3.38. The van der Waals surface area contributed by atoms with E-state index < -0.39 is 0 Å². The van der Waals surface area contributed by atoms with Gasteiger partial charge in [-0.05, 0) is 19.1 Å². The van der Waals surface area contributed by atoms with E-state index in [4.69, 9.17) is 4.98 Å². The molecule has 0 saturated carbocycles. The first kappa shape index (κ1) is 14.9. The summed E-state index contributed by atoms with van der Waals surface area (Å²) in [6.07, 6.45) is 0.891. The number of hydrogen-bond donors (Lipinski definition) is 1. The van der Waals surface area contributed by atoms with Crippen molar-refractivity contribution in [2.45, 2.75) is 39.5 Å². The molecule has 0 aliphatic heterocycles. The van der Waals surface area contributed by atoms with Crippen molar-refractivity contribution in [3.05, 3.63) is 34.0 Å². The maximum atomic E-state index is 4.70. The summed E-state index contributed by atoms with van der Waals surface area (Å²) in [6.45, 7) is 9.25. The average molecular weight is 316 g/mol. The molecule has 0 spiro atoms. The SMILES string of the molecule is Cc1nnc2ccc(NCCc3nc(C(C)(C)C)cs3)nn12. The van der Waals surface area contributed by atoms with Crippen LogP contribution in [-0.2, 0) is 11.8 Å². The lowest BCUT2D eigenvalue weighted by molar-refractivity contribution is 0.571. The minimum absolute atomic E-state index is 0.112. The second-order valence-electron chi connectivity index (χ2n) is 6.29. The predicted octanol–water partition coefficient (Wildman–Crippen LogP) is 2.84. The summed E-state index contributed by atoms with van der Waals surface area (Å²) in [5.41, 5.74) is 2.03. The number of aryl methyl sites for hydroxylation is 1. The largest absolute Gasteiger partial charge is 0.368 e. The number of nitrogens with one attached hydrogen (secondary N) is 1. The second-order valence-corrected chi connectivity index (χ2v) is 7.23. The molecule has 7 heteroatoms. The van der Waals surface area contributed by atoms with Crippen LogP contribution in [0, 0.1) is 6.92 Å². The summed E-state index contributed by atoms with van der Waals surface area (Å²) in [7, 11) is 0. The molecule has 116 valence electrons. The lowest BCUT2D eigenvalue weighted by atomic mass is 9.93. The Labute approximate surface area is 133 Å². The quantitative estimate of drug-likeness (QED) is 0.801. The first-order valence-electron chi connectivity index (χ1n) is 7.31. The molecular weight excluding hydrogens is 296 g/mol. The molecule has 0 aliphatic carbocycles. The third-order valence-corrected chi connectivity index (χ3v) is 4.29. The molecule has 3 aromatic rings. The average Bonchev–Trinajstić information content (AvgIpc) is 3.06. The predicted molar refractivity (Wildman–Crippen MR) is 88.5 cm³/mol. The summed E-state index contributed by atoms with van der Waals surface area (Å²) >= 11 is 1.72. The molecule has 0 amide bonds. The topological polar surface area (TPSA) is 68.0 Å². The van der Waals surface area contributed by atoms with E-state index in [1.54, 1.807) is 15.9 Å². The maximum Gasteiger partial charge on any atom is 0.178 e. The molecule has 0 unspecified atom stereocenters. The van der Waals surface area contributed by atoms with Crippen molar-refractivity contribution in [1.29, 1.82) is 0 Å². The van der Waals surface area contributed by atoms with Gasteiger partial charge in [0.2, 0.25) is 0 Å². The zero-order chi connectivity index (χ0) is 15.7. The molecule has 3 rings (SSSR count). The Bertz CT molecular complexity index is 783. The van der Waals surface area contributed by atoms with E-state index in [9.17, 15) is 0 Å². The van der Waals surface area contributed by atoms with Gasteiger partial charge in [0, 0.05) is 23.8 Å². The number of anilines is 1. The zero-order valence-corrected chi connectivity index (χ0v) is 14.1. The molecule has 0 aliphatic rings. The number of fused-ring (bicyclic) bond motifs is 1. The molecular formula is C15H20N6S. The van der Waals surface area contributed by atoms with Crippen molar-refractivity contribution in [1.82, 2.24) is 24.8 Å². The normalized spacial score (nSPS) is 12.0. The summed E-state index contributed by atoms with van der Waals surface area (Å²) in [6, 6.07) is 3.84. The van der Waals surface area contributed by atoms with Gasteiger partial charge in [-0.2, -0.15) is 4.52 Å². The fourth-order valence-electron chi connectivity index (χ4n) is 2.06. The highest BCUT2D eigenvalue weighted by molar-refractivity contribution is 7.09. The van der Waals surface area contributed by atoms with Crippen LogP contribution in [0.4, 0.5) is 5.82 Å². The van der Waals surface area contributed by atoms with E-state index in [1.807, 2.05) is 19.1 Å². The lowest BCUT2D eigenvalue weighted by Gasteiger charge is -2.14. The molecule has 0 bridgehead atoms. The molecule has 22 heavy (non-hydrogen) atoms. The van der Waals surface area contributed by atoms with Crippen LogP contribution >= 0.6 is 11.3 Å². The van der Waals surface area contributed by atoms with E-state index in [1.165, 1.54) is 0 Å². The molecule has 0 saturated heterocycles. The summed E-state index contributed by atoms with van der Waals surface area (Å²) in [4.78, 5) is 4.70. The Morgan fingerprint density at radius 2 is 2.05 bits per heavy atom. The van der Waals surface area contributed by atoms with Crippen LogP contribution in [0.2, 0.25) is 0 Å². The zero-order valence-electron chi connectivity index (χ0n) is 13.3. The fourth-order valence-corrected chi connectivity index (χ4v) is 3.08. The molecule has 0 fully saturated rings. The number of thiazole rings is 1. The van der Waals surface area contributed by atoms with Crippen LogP contribution in [0.25, 0.3) is 5.65 Å². The standard InChI is InChI=1S/C15H20N6S/c1-10-18-19-13-6-5-12(20-21(10)13)16-8-7-14-17-11(9-22-14)15(2,3)4/h5-6,9H,7-8H2,1-4H3,(H,16,20). The smallest absolute Gasteiger partial charge is 0.178 e. The van der Waals surface area contributed by atoms with Gasteiger partial charge in [0.25, 0.3) is 0 Å². The minimum Gasteiger partial charge on any atom is -0.368 e. The fraction of sp³-hybridized carbons (Fsp3) is 0.467. The van der Waals surface area contributed by atoms with Crippen LogP contribution in [0.1, 0.15) is 37.3 Å². The Kier molecular flexibility index (Phi) is 3.82. The van der Waals surface area contributed by atoms with Gasteiger partial charge < -0.3 is 5.32 Å². The molecule has 0 radical (unpaired) electrons. The highest BCUT2D eigenvalue weighted by Crippen LogP contribution is 2.24. The summed E-state index contributed by atoms with van der Waals surface area (Å²) < 4.78 is 1.74. The first-order chi connectivity index (χ1) is 10.4. The number of nitrogens with zero attached hydrogens (tertiary/aromatic N) is 5. The Morgan fingerprint density at radius 3 is 2.77 bits per heavy atom. The summed E-state index contributed by atoms with van der Waals surface area (Å²) in [5, 5.41) is 19.1. The van der Waals surface area contributed by atoms with Crippen LogP contribution in [0.15, 0.2) is 17.5 Å². The minimum atomic E-state index is 0.112. The van der Waals surface area contributed by atoms with Gasteiger partial charge >= 0.3 is 0 Å². The van der Waals surface area contributed by atoms with Gasteiger partial charge in [-0.1, -0.05) is 20.8 Å². The van der Waals surface area contributed by atoms with Crippen LogP contribution in [0.3, 0.4) is 0 Å². The Morgan fingerprint density at radius 1 is 1.23 bits per heavy atom. The van der Waals surface area contributed by atoms with E-state index in [0.717, 1.165) is 41.0 Å². The first-order valence-corrected chi connectivity index (χ1v) is 8.19. The van der Waals surface area contributed by atoms with Gasteiger partial charge in [-0.15, -0.1) is 26.6 Å². The molecule has 3 heterocycles. The molecule has 3 aromatic heterocycles. The van der Waals surface area contributed by atoms with Crippen molar-refractivity contribution in [3.63, 3.8) is 0 Å². The van der Waals surface area contributed by atoms with Crippen molar-refractivity contribution in [2.75, 3.05) is 11.9 Å². The van der Waals surface area contributed by atoms with Crippen LogP contribution in [-0.4, -0.2) is 31.3 Å². The van der Waals surface area contributed by atoms with Gasteiger partial charge in [-0.25, -0.2) is 4.98 Å². The van der Waals surface area contributed by atoms with Gasteiger partial charge in [0.1, 0.15) is 5.82 Å².